The van der Waals surface area contributed by atoms with E-state index in [1.165, 1.54) is 23.0 Å². The summed E-state index contributed by atoms with van der Waals surface area (Å²) in [6.45, 7) is 2.00. The first-order valence-electron chi connectivity index (χ1n) is 7.24. The SMILES string of the molecule is Cc1ccc(-c2n[nH]c(=S)n2/N=C/C=C/c2ccc([N+](=O)[O-])o2)cc1. The fourth-order valence-electron chi connectivity index (χ4n) is 2.06. The van der Waals surface area contributed by atoms with E-state index >= 15 is 0 Å². The van der Waals surface area contributed by atoms with E-state index in [0.717, 1.165) is 11.1 Å². The Balaban J connectivity index is 1.80. The van der Waals surface area contributed by atoms with Gasteiger partial charge in [0.15, 0.2) is 5.82 Å². The topological polar surface area (TPSA) is 102 Å². The molecule has 0 amide bonds. The molecule has 25 heavy (non-hydrogen) atoms. The molecule has 0 aliphatic heterocycles. The van der Waals surface area contributed by atoms with Crippen molar-refractivity contribution in [3.8, 4) is 11.4 Å². The zero-order chi connectivity index (χ0) is 17.8. The molecule has 0 saturated carbocycles. The summed E-state index contributed by atoms with van der Waals surface area (Å²) in [5.41, 5.74) is 2.02. The molecule has 2 aromatic heterocycles. The van der Waals surface area contributed by atoms with Crippen LogP contribution in [-0.2, 0) is 0 Å². The number of allylic oxidation sites excluding steroid dienone is 1. The minimum atomic E-state index is -0.593. The van der Waals surface area contributed by atoms with Gasteiger partial charge in [-0.25, -0.2) is 5.10 Å². The number of nitro groups is 1. The van der Waals surface area contributed by atoms with E-state index in [1.54, 1.807) is 12.2 Å². The normalized spacial score (nSPS) is 11.6. The third kappa shape index (κ3) is 3.78. The highest BCUT2D eigenvalue weighted by atomic mass is 32.1. The Kier molecular flexibility index (Phi) is 4.66. The molecule has 2 heterocycles. The summed E-state index contributed by atoms with van der Waals surface area (Å²) < 4.78 is 6.87. The molecule has 0 unspecified atom stereocenters. The van der Waals surface area contributed by atoms with Gasteiger partial charge < -0.3 is 4.42 Å². The lowest BCUT2D eigenvalue weighted by molar-refractivity contribution is -0.402. The largest absolute Gasteiger partial charge is 0.433 e. The van der Waals surface area contributed by atoms with Gasteiger partial charge in [0.25, 0.3) is 0 Å². The second-order valence-corrected chi connectivity index (χ2v) is 5.47. The maximum absolute atomic E-state index is 10.6. The number of hydrogen-bond donors (Lipinski definition) is 1. The number of hydrogen-bond acceptors (Lipinski definition) is 6. The number of aryl methyl sites for hydroxylation is 1. The van der Waals surface area contributed by atoms with Crippen molar-refractivity contribution < 1.29 is 9.34 Å². The van der Waals surface area contributed by atoms with E-state index in [2.05, 4.69) is 15.3 Å². The molecule has 0 saturated heterocycles. The first-order chi connectivity index (χ1) is 12.0. The third-order valence-electron chi connectivity index (χ3n) is 3.28. The van der Waals surface area contributed by atoms with E-state index in [9.17, 15) is 10.1 Å². The van der Waals surface area contributed by atoms with Crippen LogP contribution in [0.2, 0.25) is 0 Å². The number of nitrogens with zero attached hydrogens (tertiary/aromatic N) is 4. The Morgan fingerprint density at radius 3 is 2.76 bits per heavy atom. The van der Waals surface area contributed by atoms with Crippen LogP contribution in [0.25, 0.3) is 17.5 Å². The molecule has 8 nitrogen and oxygen atoms in total. The summed E-state index contributed by atoms with van der Waals surface area (Å²) in [5.74, 6) is 0.631. The number of aromatic nitrogens is 3. The zero-order valence-electron chi connectivity index (χ0n) is 13.1. The fourth-order valence-corrected chi connectivity index (χ4v) is 2.24. The van der Waals surface area contributed by atoms with Crippen LogP contribution in [-0.4, -0.2) is 26.0 Å². The van der Waals surface area contributed by atoms with Crippen molar-refractivity contribution in [2.45, 2.75) is 6.92 Å². The standard InChI is InChI=1S/C16H13N5O3S/c1-11-4-6-12(7-5-11)15-18-19-16(25)20(15)17-10-2-3-13-8-9-14(24-13)21(22)23/h2-10H,1H3,(H,19,25)/b3-2+,17-10+. The summed E-state index contributed by atoms with van der Waals surface area (Å²) in [6.07, 6.45) is 4.65. The van der Waals surface area contributed by atoms with Crippen molar-refractivity contribution in [2.24, 2.45) is 5.10 Å². The predicted octanol–water partition coefficient (Wildman–Crippen LogP) is 3.96. The zero-order valence-corrected chi connectivity index (χ0v) is 13.9. The van der Waals surface area contributed by atoms with Gasteiger partial charge in [0.1, 0.15) is 10.7 Å². The van der Waals surface area contributed by atoms with Crippen LogP contribution in [0.5, 0.6) is 0 Å². The van der Waals surface area contributed by atoms with E-state index in [0.29, 0.717) is 16.4 Å². The van der Waals surface area contributed by atoms with Crippen LogP contribution in [0.3, 0.4) is 0 Å². The lowest BCUT2D eigenvalue weighted by Crippen LogP contribution is -1.93. The fraction of sp³-hybridized carbons (Fsp3) is 0.0625. The smallest absolute Gasteiger partial charge is 0.401 e. The Morgan fingerprint density at radius 2 is 2.08 bits per heavy atom. The molecule has 3 aromatic rings. The maximum Gasteiger partial charge on any atom is 0.433 e. The van der Waals surface area contributed by atoms with Crippen LogP contribution in [0.1, 0.15) is 11.3 Å². The van der Waals surface area contributed by atoms with Crippen molar-refractivity contribution in [3.63, 3.8) is 0 Å². The Morgan fingerprint density at radius 1 is 1.32 bits per heavy atom. The van der Waals surface area contributed by atoms with Crippen molar-refractivity contribution in [3.05, 3.63) is 68.7 Å². The van der Waals surface area contributed by atoms with Gasteiger partial charge in [-0.15, -0.1) is 0 Å². The summed E-state index contributed by atoms with van der Waals surface area (Å²) in [5, 5.41) is 21.7. The van der Waals surface area contributed by atoms with E-state index < -0.39 is 4.92 Å². The molecule has 0 radical (unpaired) electrons. The van der Waals surface area contributed by atoms with Crippen molar-refractivity contribution >= 4 is 30.4 Å². The number of nitrogens with one attached hydrogen (secondary N) is 1. The maximum atomic E-state index is 10.6. The molecule has 9 heteroatoms. The molecule has 0 aliphatic rings. The van der Waals surface area contributed by atoms with Crippen molar-refractivity contribution in [1.29, 1.82) is 0 Å². The first kappa shape index (κ1) is 16.5. The number of aromatic amines is 1. The van der Waals surface area contributed by atoms with Crippen molar-refractivity contribution in [1.82, 2.24) is 14.9 Å². The lowest BCUT2D eigenvalue weighted by atomic mass is 10.1. The molecule has 0 fully saturated rings. The van der Waals surface area contributed by atoms with E-state index in [4.69, 9.17) is 16.6 Å². The van der Waals surface area contributed by atoms with E-state index in [-0.39, 0.29) is 5.88 Å². The highest BCUT2D eigenvalue weighted by molar-refractivity contribution is 7.71. The molecule has 3 rings (SSSR count). The van der Waals surface area contributed by atoms with Crippen molar-refractivity contribution in [2.75, 3.05) is 0 Å². The van der Waals surface area contributed by atoms with Gasteiger partial charge in [0.2, 0.25) is 4.77 Å². The molecule has 0 atom stereocenters. The number of rotatable bonds is 5. The summed E-state index contributed by atoms with van der Waals surface area (Å²) >= 11 is 5.19. The van der Waals surface area contributed by atoms with Gasteiger partial charge in [-0.3, -0.25) is 10.1 Å². The van der Waals surface area contributed by atoms with Crippen LogP contribution < -0.4 is 0 Å². The van der Waals surface area contributed by atoms with Gasteiger partial charge in [0, 0.05) is 11.8 Å². The molecule has 1 aromatic carbocycles. The predicted molar refractivity (Wildman–Crippen MR) is 95.9 cm³/mol. The second kappa shape index (κ2) is 7.05. The molecule has 1 N–H and O–H groups in total. The Labute approximate surface area is 147 Å². The first-order valence-corrected chi connectivity index (χ1v) is 7.65. The van der Waals surface area contributed by atoms with Gasteiger partial charge in [-0.05, 0) is 37.4 Å². The highest BCUT2D eigenvalue weighted by Crippen LogP contribution is 2.18. The van der Waals surface area contributed by atoms with Crippen LogP contribution >= 0.6 is 12.2 Å². The van der Waals surface area contributed by atoms with Gasteiger partial charge in [0.05, 0.1) is 6.07 Å². The molecule has 0 spiro atoms. The summed E-state index contributed by atoms with van der Waals surface area (Å²) in [7, 11) is 0. The molecule has 0 aliphatic carbocycles. The van der Waals surface area contributed by atoms with Crippen LogP contribution in [0.4, 0.5) is 5.88 Å². The molecule has 126 valence electrons. The average Bonchev–Trinajstić information content (AvgIpc) is 3.20. The Bertz CT molecular complexity index is 1010. The van der Waals surface area contributed by atoms with Gasteiger partial charge in [-0.2, -0.15) is 14.9 Å². The molecule has 0 bridgehead atoms. The molecular formula is C16H13N5O3S. The number of benzene rings is 1. The van der Waals surface area contributed by atoms with Crippen LogP contribution in [0.15, 0.2) is 52.0 Å². The average molecular weight is 355 g/mol. The van der Waals surface area contributed by atoms with Gasteiger partial charge >= 0.3 is 5.88 Å². The van der Waals surface area contributed by atoms with E-state index in [1.807, 2.05) is 31.2 Å². The quantitative estimate of drug-likeness (QED) is 0.323. The minimum Gasteiger partial charge on any atom is -0.401 e. The minimum absolute atomic E-state index is 0.310. The second-order valence-electron chi connectivity index (χ2n) is 5.09. The number of H-pyrrole nitrogens is 1. The van der Waals surface area contributed by atoms with Crippen LogP contribution in [0, 0.1) is 21.8 Å². The number of furan rings is 1. The Hall–Kier alpha value is -3.33. The lowest BCUT2D eigenvalue weighted by Gasteiger charge is -2.00. The van der Waals surface area contributed by atoms with Gasteiger partial charge in [-0.1, -0.05) is 29.8 Å². The summed E-state index contributed by atoms with van der Waals surface area (Å²) in [6, 6.07) is 10.6. The summed E-state index contributed by atoms with van der Waals surface area (Å²) in [4.78, 5) is 9.97. The highest BCUT2D eigenvalue weighted by Gasteiger charge is 2.09. The third-order valence-corrected chi connectivity index (χ3v) is 3.55. The monoisotopic (exact) mass is 355 g/mol. The molecular weight excluding hydrogens is 342 g/mol.